The highest BCUT2D eigenvalue weighted by atomic mass is 127. The standard InChI is InChI=1S/C14H27N3O.HI/c1-3-15-14(16-8-9-18-2)17-10-13(11-4-5-11)12-6-7-12;/h11-13H,3-10H2,1-2H3,(H2,15,16,17);1H. The normalized spacial score (nSPS) is 19.2. The number of nitrogens with zero attached hydrogens (tertiary/aromatic N) is 1. The van der Waals surface area contributed by atoms with Crippen molar-refractivity contribution in [3.8, 4) is 0 Å². The van der Waals surface area contributed by atoms with Gasteiger partial charge in [-0.1, -0.05) is 0 Å². The van der Waals surface area contributed by atoms with Gasteiger partial charge in [0.1, 0.15) is 0 Å². The van der Waals surface area contributed by atoms with Crippen LogP contribution in [0.5, 0.6) is 0 Å². The van der Waals surface area contributed by atoms with Crippen LogP contribution in [0.1, 0.15) is 32.6 Å². The summed E-state index contributed by atoms with van der Waals surface area (Å²) in [5.41, 5.74) is 0. The Morgan fingerprint density at radius 3 is 2.32 bits per heavy atom. The lowest BCUT2D eigenvalue weighted by atomic mass is 9.98. The van der Waals surface area contributed by atoms with Crippen LogP contribution in [0.2, 0.25) is 0 Å². The first-order valence-electron chi connectivity index (χ1n) is 7.36. The number of halogens is 1. The number of ether oxygens (including phenoxy) is 1. The van der Waals surface area contributed by atoms with Gasteiger partial charge in [0.05, 0.1) is 6.61 Å². The van der Waals surface area contributed by atoms with Gasteiger partial charge in [-0.05, 0) is 50.4 Å². The van der Waals surface area contributed by atoms with E-state index in [9.17, 15) is 0 Å². The first kappa shape index (κ1) is 17.0. The summed E-state index contributed by atoms with van der Waals surface area (Å²) in [6.45, 7) is 5.56. The SMILES string of the molecule is CCNC(=NCC(C1CC1)C1CC1)NCCOC.I. The largest absolute Gasteiger partial charge is 0.383 e. The van der Waals surface area contributed by atoms with Crippen molar-refractivity contribution in [3.63, 3.8) is 0 Å². The van der Waals surface area contributed by atoms with Gasteiger partial charge in [-0.25, -0.2) is 0 Å². The Morgan fingerprint density at radius 2 is 1.84 bits per heavy atom. The van der Waals surface area contributed by atoms with Crippen LogP contribution in [0, 0.1) is 17.8 Å². The van der Waals surface area contributed by atoms with Crippen LogP contribution < -0.4 is 10.6 Å². The van der Waals surface area contributed by atoms with E-state index in [4.69, 9.17) is 9.73 Å². The summed E-state index contributed by atoms with van der Waals surface area (Å²) in [5.74, 6) is 3.75. The van der Waals surface area contributed by atoms with Crippen molar-refractivity contribution in [2.75, 3.05) is 33.4 Å². The molecule has 2 aliphatic carbocycles. The van der Waals surface area contributed by atoms with Gasteiger partial charge in [0.2, 0.25) is 0 Å². The van der Waals surface area contributed by atoms with Crippen molar-refractivity contribution >= 4 is 29.9 Å². The fraction of sp³-hybridized carbons (Fsp3) is 0.929. The summed E-state index contributed by atoms with van der Waals surface area (Å²) >= 11 is 0. The lowest BCUT2D eigenvalue weighted by Crippen LogP contribution is -2.39. The Bertz CT molecular complexity index is 266. The van der Waals surface area contributed by atoms with E-state index < -0.39 is 0 Å². The molecule has 5 heteroatoms. The monoisotopic (exact) mass is 381 g/mol. The Morgan fingerprint density at radius 1 is 1.21 bits per heavy atom. The maximum absolute atomic E-state index is 5.05. The molecule has 0 heterocycles. The van der Waals surface area contributed by atoms with Crippen molar-refractivity contribution in [3.05, 3.63) is 0 Å². The third-order valence-electron chi connectivity index (χ3n) is 3.86. The second-order valence-corrected chi connectivity index (χ2v) is 5.48. The van der Waals surface area contributed by atoms with E-state index in [-0.39, 0.29) is 24.0 Å². The first-order valence-corrected chi connectivity index (χ1v) is 7.36. The van der Waals surface area contributed by atoms with Crippen molar-refractivity contribution in [1.29, 1.82) is 0 Å². The molecule has 2 fully saturated rings. The Balaban J connectivity index is 0.00000180. The highest BCUT2D eigenvalue weighted by Crippen LogP contribution is 2.49. The average Bonchev–Trinajstić information content (AvgIpc) is 3.23. The van der Waals surface area contributed by atoms with Crippen LogP contribution in [-0.2, 0) is 4.74 Å². The average molecular weight is 381 g/mol. The number of rotatable bonds is 8. The molecular formula is C14H28IN3O. The minimum absolute atomic E-state index is 0. The summed E-state index contributed by atoms with van der Waals surface area (Å²) in [5, 5.41) is 6.61. The van der Waals surface area contributed by atoms with Gasteiger partial charge in [0.15, 0.2) is 5.96 Å². The predicted molar refractivity (Wildman–Crippen MR) is 90.2 cm³/mol. The minimum Gasteiger partial charge on any atom is -0.383 e. The molecule has 0 amide bonds. The molecule has 0 radical (unpaired) electrons. The quantitative estimate of drug-likeness (QED) is 0.293. The maximum atomic E-state index is 5.05. The van der Waals surface area contributed by atoms with Gasteiger partial charge in [0.25, 0.3) is 0 Å². The minimum atomic E-state index is 0. The van der Waals surface area contributed by atoms with Gasteiger partial charge in [-0.2, -0.15) is 0 Å². The molecule has 0 atom stereocenters. The first-order chi connectivity index (χ1) is 8.85. The van der Waals surface area contributed by atoms with Crippen LogP contribution in [-0.4, -0.2) is 39.3 Å². The van der Waals surface area contributed by atoms with Gasteiger partial charge in [0, 0.05) is 26.7 Å². The van der Waals surface area contributed by atoms with Gasteiger partial charge < -0.3 is 15.4 Å². The zero-order valence-corrected chi connectivity index (χ0v) is 14.5. The van der Waals surface area contributed by atoms with E-state index >= 15 is 0 Å². The predicted octanol–water partition coefficient (Wildman–Crippen LogP) is 2.24. The van der Waals surface area contributed by atoms with E-state index in [1.54, 1.807) is 7.11 Å². The lowest BCUT2D eigenvalue weighted by molar-refractivity contribution is 0.203. The Kier molecular flexibility index (Phi) is 8.06. The van der Waals surface area contributed by atoms with E-state index in [0.29, 0.717) is 0 Å². The van der Waals surface area contributed by atoms with E-state index in [1.807, 2.05) is 0 Å². The zero-order chi connectivity index (χ0) is 12.8. The molecule has 0 bridgehead atoms. The molecular weight excluding hydrogens is 353 g/mol. The molecule has 0 spiro atoms. The molecule has 0 aromatic rings. The zero-order valence-electron chi connectivity index (χ0n) is 12.2. The van der Waals surface area contributed by atoms with Crippen molar-refractivity contribution < 1.29 is 4.74 Å². The number of hydrogen-bond acceptors (Lipinski definition) is 2. The summed E-state index contributed by atoms with van der Waals surface area (Å²) in [6.07, 6.45) is 5.74. The van der Waals surface area contributed by atoms with Crippen LogP contribution in [0.25, 0.3) is 0 Å². The molecule has 0 aromatic heterocycles. The summed E-state index contributed by atoms with van der Waals surface area (Å²) in [6, 6.07) is 0. The van der Waals surface area contributed by atoms with E-state index in [2.05, 4.69) is 17.6 Å². The van der Waals surface area contributed by atoms with Gasteiger partial charge in [-0.15, -0.1) is 24.0 Å². The fourth-order valence-electron chi connectivity index (χ4n) is 2.54. The third kappa shape index (κ3) is 6.29. The van der Waals surface area contributed by atoms with Gasteiger partial charge >= 0.3 is 0 Å². The van der Waals surface area contributed by atoms with Crippen molar-refractivity contribution in [2.24, 2.45) is 22.7 Å². The number of hydrogen-bond donors (Lipinski definition) is 2. The fourth-order valence-corrected chi connectivity index (χ4v) is 2.54. The molecule has 2 N–H and O–H groups in total. The number of aliphatic imine (C=N–C) groups is 1. The van der Waals surface area contributed by atoms with Crippen LogP contribution >= 0.6 is 24.0 Å². The van der Waals surface area contributed by atoms with Gasteiger partial charge in [-0.3, -0.25) is 4.99 Å². The summed E-state index contributed by atoms with van der Waals surface area (Å²) in [4.78, 5) is 4.75. The molecule has 0 unspecified atom stereocenters. The molecule has 4 nitrogen and oxygen atoms in total. The van der Waals surface area contributed by atoms with E-state index in [0.717, 1.165) is 50.0 Å². The number of guanidine groups is 1. The van der Waals surface area contributed by atoms with E-state index in [1.165, 1.54) is 25.7 Å². The number of nitrogens with one attached hydrogen (secondary N) is 2. The number of methoxy groups -OCH3 is 1. The smallest absolute Gasteiger partial charge is 0.191 e. The highest BCUT2D eigenvalue weighted by molar-refractivity contribution is 14.0. The summed E-state index contributed by atoms with van der Waals surface area (Å²) in [7, 11) is 1.72. The molecule has 0 aliphatic heterocycles. The van der Waals surface area contributed by atoms with Crippen molar-refractivity contribution in [2.45, 2.75) is 32.6 Å². The second-order valence-electron chi connectivity index (χ2n) is 5.48. The third-order valence-corrected chi connectivity index (χ3v) is 3.86. The maximum Gasteiger partial charge on any atom is 0.191 e. The van der Waals surface area contributed by atoms with Crippen LogP contribution in [0.4, 0.5) is 0 Å². The lowest BCUT2D eigenvalue weighted by Gasteiger charge is -2.15. The second kappa shape index (κ2) is 9.00. The van der Waals surface area contributed by atoms with Crippen molar-refractivity contribution in [1.82, 2.24) is 10.6 Å². The Hall–Kier alpha value is -0.0400. The van der Waals surface area contributed by atoms with Crippen LogP contribution in [0.3, 0.4) is 0 Å². The highest BCUT2D eigenvalue weighted by Gasteiger charge is 2.41. The molecule has 2 aliphatic rings. The molecule has 19 heavy (non-hydrogen) atoms. The topological polar surface area (TPSA) is 45.7 Å². The molecule has 2 saturated carbocycles. The molecule has 2 rings (SSSR count). The van der Waals surface area contributed by atoms with Crippen LogP contribution in [0.15, 0.2) is 4.99 Å². The molecule has 0 aromatic carbocycles. The Labute approximate surface area is 134 Å². The molecule has 0 saturated heterocycles. The molecule has 112 valence electrons. The summed E-state index contributed by atoms with van der Waals surface area (Å²) < 4.78 is 5.05.